The Balaban J connectivity index is 3.35. The highest BCUT2D eigenvalue weighted by Gasteiger charge is 2.34. The van der Waals surface area contributed by atoms with E-state index < -0.39 is 16.1 Å². The van der Waals surface area contributed by atoms with Gasteiger partial charge in [0.2, 0.25) is 15.9 Å². The maximum atomic E-state index is 13.0. The number of anilines is 1. The number of hydrogen-bond acceptors (Lipinski definition) is 3. The van der Waals surface area contributed by atoms with Crippen molar-refractivity contribution in [2.45, 2.75) is 53.1 Å². The lowest BCUT2D eigenvalue weighted by Crippen LogP contribution is -2.53. The molecule has 1 atom stereocenters. The molecule has 0 radical (unpaired) electrons. The van der Waals surface area contributed by atoms with Gasteiger partial charge in [0.1, 0.15) is 6.04 Å². The van der Waals surface area contributed by atoms with Crippen LogP contribution in [-0.4, -0.2) is 32.7 Å². The highest BCUT2D eigenvalue weighted by atomic mass is 35.5. The van der Waals surface area contributed by atoms with Crippen molar-refractivity contribution in [3.63, 3.8) is 0 Å². The summed E-state index contributed by atoms with van der Waals surface area (Å²) in [4.78, 5) is 13.0. The van der Waals surface area contributed by atoms with E-state index in [9.17, 15) is 13.2 Å². The normalized spacial score (nSPS) is 13.3. The lowest BCUT2D eigenvalue weighted by Gasteiger charge is -2.34. The van der Waals surface area contributed by atoms with E-state index in [0.717, 1.165) is 10.6 Å². The third kappa shape index (κ3) is 5.76. The van der Waals surface area contributed by atoms with Crippen molar-refractivity contribution in [2.24, 2.45) is 11.8 Å². The minimum absolute atomic E-state index is 0.0622. The van der Waals surface area contributed by atoms with Crippen LogP contribution in [0.5, 0.6) is 0 Å². The quantitative estimate of drug-likeness (QED) is 0.677. The fourth-order valence-electron chi connectivity index (χ4n) is 3.05. The van der Waals surface area contributed by atoms with Gasteiger partial charge in [0.15, 0.2) is 0 Å². The fraction of sp³-hybridized carbons (Fsp3) is 0.611. The molecular formula is C18H28Cl2N2O3S. The van der Waals surface area contributed by atoms with Crippen molar-refractivity contribution < 1.29 is 13.2 Å². The Morgan fingerprint density at radius 3 is 2.12 bits per heavy atom. The van der Waals surface area contributed by atoms with E-state index in [1.54, 1.807) is 13.0 Å². The molecule has 0 saturated heterocycles. The van der Waals surface area contributed by atoms with Gasteiger partial charge in [0, 0.05) is 11.1 Å². The molecule has 1 amide bonds. The summed E-state index contributed by atoms with van der Waals surface area (Å²) in [6.45, 7) is 9.85. The topological polar surface area (TPSA) is 66.5 Å². The summed E-state index contributed by atoms with van der Waals surface area (Å²) < 4.78 is 26.1. The number of carbonyl (C=O) groups is 1. The third-order valence-corrected chi connectivity index (χ3v) is 5.94. The first-order valence-electron chi connectivity index (χ1n) is 8.64. The molecule has 0 aromatic heterocycles. The van der Waals surface area contributed by atoms with Gasteiger partial charge in [-0.3, -0.25) is 9.10 Å². The van der Waals surface area contributed by atoms with Crippen LogP contribution in [0.3, 0.4) is 0 Å². The van der Waals surface area contributed by atoms with Gasteiger partial charge in [0.25, 0.3) is 0 Å². The zero-order chi connectivity index (χ0) is 20.2. The van der Waals surface area contributed by atoms with Crippen LogP contribution in [-0.2, 0) is 14.8 Å². The second-order valence-corrected chi connectivity index (χ2v) is 9.80. The predicted octanol–water partition coefficient (Wildman–Crippen LogP) is 4.33. The molecule has 148 valence electrons. The third-order valence-electron chi connectivity index (χ3n) is 4.22. The molecule has 0 heterocycles. The predicted molar refractivity (Wildman–Crippen MR) is 109 cm³/mol. The smallest absolute Gasteiger partial charge is 0.244 e. The Hall–Kier alpha value is -0.980. The zero-order valence-corrected chi connectivity index (χ0v) is 18.4. The number of nitrogens with zero attached hydrogens (tertiary/aromatic N) is 1. The number of sulfonamides is 1. The summed E-state index contributed by atoms with van der Waals surface area (Å²) in [7, 11) is -3.76. The summed E-state index contributed by atoms with van der Waals surface area (Å²) in [5, 5.41) is 3.56. The van der Waals surface area contributed by atoms with E-state index >= 15 is 0 Å². The maximum Gasteiger partial charge on any atom is 0.244 e. The SMILES string of the molecule is CC[C@@H](C(=O)NC(C(C)C)C(C)C)N(c1cc(Cl)ccc1Cl)S(C)(=O)=O. The van der Waals surface area contributed by atoms with Gasteiger partial charge < -0.3 is 5.32 Å². The molecule has 26 heavy (non-hydrogen) atoms. The van der Waals surface area contributed by atoms with Gasteiger partial charge in [-0.2, -0.15) is 0 Å². The van der Waals surface area contributed by atoms with Crippen LogP contribution >= 0.6 is 23.2 Å². The highest BCUT2D eigenvalue weighted by molar-refractivity contribution is 7.92. The number of hydrogen-bond donors (Lipinski definition) is 1. The monoisotopic (exact) mass is 422 g/mol. The van der Waals surface area contributed by atoms with Crippen molar-refractivity contribution in [1.82, 2.24) is 5.32 Å². The van der Waals surface area contributed by atoms with E-state index in [0.29, 0.717) is 11.4 Å². The van der Waals surface area contributed by atoms with Crippen LogP contribution in [0.15, 0.2) is 18.2 Å². The molecule has 1 aromatic carbocycles. The van der Waals surface area contributed by atoms with Crippen LogP contribution in [0.1, 0.15) is 41.0 Å². The molecule has 0 unspecified atom stereocenters. The van der Waals surface area contributed by atoms with Gasteiger partial charge in [-0.1, -0.05) is 57.8 Å². The van der Waals surface area contributed by atoms with Gasteiger partial charge in [-0.15, -0.1) is 0 Å². The van der Waals surface area contributed by atoms with Crippen LogP contribution in [0.4, 0.5) is 5.69 Å². The molecule has 0 fully saturated rings. The average molecular weight is 423 g/mol. The van der Waals surface area contributed by atoms with Crippen LogP contribution in [0, 0.1) is 11.8 Å². The second-order valence-electron chi connectivity index (χ2n) is 7.10. The van der Waals surface area contributed by atoms with E-state index in [2.05, 4.69) is 5.32 Å². The van der Waals surface area contributed by atoms with Gasteiger partial charge in [-0.25, -0.2) is 8.42 Å². The number of benzene rings is 1. The molecule has 0 saturated carbocycles. The first kappa shape index (κ1) is 23.1. The van der Waals surface area contributed by atoms with Crippen molar-refractivity contribution >= 4 is 44.8 Å². The minimum atomic E-state index is -3.76. The molecule has 5 nitrogen and oxygen atoms in total. The minimum Gasteiger partial charge on any atom is -0.351 e. The average Bonchev–Trinajstić information content (AvgIpc) is 2.50. The Morgan fingerprint density at radius 1 is 1.15 bits per heavy atom. The molecule has 8 heteroatoms. The summed E-state index contributed by atoms with van der Waals surface area (Å²) in [5.74, 6) is 0.0946. The van der Waals surface area contributed by atoms with Gasteiger partial charge in [-0.05, 0) is 36.5 Å². The summed E-state index contributed by atoms with van der Waals surface area (Å²) >= 11 is 12.2. The number of amides is 1. The molecular weight excluding hydrogens is 395 g/mol. The number of halogens is 2. The van der Waals surface area contributed by atoms with E-state index in [-0.39, 0.29) is 34.5 Å². The van der Waals surface area contributed by atoms with Crippen molar-refractivity contribution in [1.29, 1.82) is 0 Å². The molecule has 1 N–H and O–H groups in total. The summed E-state index contributed by atoms with van der Waals surface area (Å²) in [5.41, 5.74) is 0.203. The van der Waals surface area contributed by atoms with Crippen molar-refractivity contribution in [3.8, 4) is 0 Å². The van der Waals surface area contributed by atoms with Crippen LogP contribution < -0.4 is 9.62 Å². The Morgan fingerprint density at radius 2 is 1.69 bits per heavy atom. The molecule has 1 aromatic rings. The molecule has 1 rings (SSSR count). The number of carbonyl (C=O) groups excluding carboxylic acids is 1. The van der Waals surface area contributed by atoms with Crippen LogP contribution in [0.25, 0.3) is 0 Å². The van der Waals surface area contributed by atoms with Crippen LogP contribution in [0.2, 0.25) is 10.0 Å². The van der Waals surface area contributed by atoms with E-state index in [1.807, 2.05) is 27.7 Å². The second kappa shape index (κ2) is 9.29. The Kier molecular flexibility index (Phi) is 8.24. The largest absolute Gasteiger partial charge is 0.351 e. The maximum absolute atomic E-state index is 13.0. The highest BCUT2D eigenvalue weighted by Crippen LogP contribution is 2.33. The van der Waals surface area contributed by atoms with E-state index in [1.165, 1.54) is 12.1 Å². The molecule has 0 aliphatic heterocycles. The lowest BCUT2D eigenvalue weighted by molar-refractivity contribution is -0.123. The van der Waals surface area contributed by atoms with Gasteiger partial charge >= 0.3 is 0 Å². The fourth-order valence-corrected chi connectivity index (χ4v) is 4.69. The molecule has 0 aliphatic carbocycles. The number of rotatable bonds is 8. The number of nitrogens with one attached hydrogen (secondary N) is 1. The molecule has 0 aliphatic rings. The first-order chi connectivity index (χ1) is 11.9. The lowest BCUT2D eigenvalue weighted by atomic mass is 9.93. The first-order valence-corrected chi connectivity index (χ1v) is 11.2. The standard InChI is InChI=1S/C18H28Cl2N2O3S/c1-7-15(18(23)21-17(11(2)3)12(4)5)22(26(6,24)25)16-10-13(19)8-9-14(16)20/h8-12,15,17H,7H2,1-6H3,(H,21,23)/t15-/m0/s1. The molecule has 0 bridgehead atoms. The van der Waals surface area contributed by atoms with E-state index in [4.69, 9.17) is 23.2 Å². The van der Waals surface area contributed by atoms with Crippen molar-refractivity contribution in [3.05, 3.63) is 28.2 Å². The zero-order valence-electron chi connectivity index (χ0n) is 16.1. The summed E-state index contributed by atoms with van der Waals surface area (Å²) in [6, 6.07) is 3.58. The Labute approximate surface area is 167 Å². The van der Waals surface area contributed by atoms with Crippen molar-refractivity contribution in [2.75, 3.05) is 10.6 Å². The summed E-state index contributed by atoms with van der Waals surface area (Å²) in [6.07, 6.45) is 1.35. The Bertz CT molecular complexity index is 728. The molecule has 0 spiro atoms. The van der Waals surface area contributed by atoms with Gasteiger partial charge in [0.05, 0.1) is 17.0 Å².